The molecule has 0 radical (unpaired) electrons. The molecule has 1 fully saturated rings. The summed E-state index contributed by atoms with van der Waals surface area (Å²) in [7, 11) is -3.00. The molecule has 0 bridgehead atoms. The highest BCUT2D eigenvalue weighted by molar-refractivity contribution is 7.90. The van der Waals surface area contributed by atoms with E-state index in [1.54, 1.807) is 0 Å². The molecule has 3 aromatic rings. The topological polar surface area (TPSA) is 99.1 Å². The molecule has 1 saturated carbocycles. The lowest BCUT2D eigenvalue weighted by Crippen LogP contribution is -2.22. The van der Waals surface area contributed by atoms with Crippen LogP contribution in [-0.2, 0) is 21.2 Å². The summed E-state index contributed by atoms with van der Waals surface area (Å²) in [4.78, 5) is 11.4. The Balaban J connectivity index is 1.29. The van der Waals surface area contributed by atoms with Gasteiger partial charge in [0.2, 0.25) is 0 Å². The number of rotatable bonds is 11. The van der Waals surface area contributed by atoms with E-state index in [1.165, 1.54) is 6.26 Å². The Kier molecular flexibility index (Phi) is 7.57. The molecule has 8 heteroatoms. The van der Waals surface area contributed by atoms with Crippen molar-refractivity contribution in [1.29, 1.82) is 0 Å². The molecular formula is C32H36O7S. The minimum absolute atomic E-state index is 0.0777. The fraction of sp³-hybridized carbons (Fsp3) is 0.406. The maximum atomic E-state index is 11.4. The minimum atomic E-state index is -3.00. The second-order valence-corrected chi connectivity index (χ2v) is 13.4. The van der Waals surface area contributed by atoms with E-state index in [9.17, 15) is 18.3 Å². The molecule has 1 N–H and O–H groups in total. The van der Waals surface area contributed by atoms with E-state index in [-0.39, 0.29) is 23.7 Å². The Bertz CT molecular complexity index is 1530. The minimum Gasteiger partial charge on any atom is -0.494 e. The number of hydrogen-bond donors (Lipinski definition) is 1. The molecule has 7 nitrogen and oxygen atoms in total. The van der Waals surface area contributed by atoms with Crippen molar-refractivity contribution < 1.29 is 32.5 Å². The van der Waals surface area contributed by atoms with Gasteiger partial charge < -0.3 is 19.3 Å². The SMILES string of the molecule is Cc1cc(OCCCS(C)(=O)=O)cc(C)c1-c1cccc(COc2ccc3c(c2)OC2(CC2)C3CC(=O)O)c1C. The second kappa shape index (κ2) is 10.8. The van der Waals surface area contributed by atoms with Crippen molar-refractivity contribution in [2.24, 2.45) is 0 Å². The monoisotopic (exact) mass is 564 g/mol. The van der Waals surface area contributed by atoms with Crippen LogP contribution < -0.4 is 14.2 Å². The van der Waals surface area contributed by atoms with Gasteiger partial charge in [0, 0.05) is 23.8 Å². The van der Waals surface area contributed by atoms with Crippen LogP contribution in [0.4, 0.5) is 0 Å². The van der Waals surface area contributed by atoms with Crippen molar-refractivity contribution >= 4 is 15.8 Å². The molecule has 5 rings (SSSR count). The average molecular weight is 565 g/mol. The first-order valence-corrected chi connectivity index (χ1v) is 15.7. The maximum absolute atomic E-state index is 11.4. The molecule has 2 aliphatic rings. The quantitative estimate of drug-likeness (QED) is 0.279. The van der Waals surface area contributed by atoms with E-state index in [1.807, 2.05) is 36.4 Å². The lowest BCUT2D eigenvalue weighted by atomic mass is 9.90. The Hall–Kier alpha value is -3.52. The van der Waals surface area contributed by atoms with Gasteiger partial charge in [-0.3, -0.25) is 4.79 Å². The van der Waals surface area contributed by atoms with Gasteiger partial charge in [0.15, 0.2) is 0 Å². The predicted octanol–water partition coefficient (Wildman–Crippen LogP) is 6.15. The molecule has 1 unspecified atom stereocenters. The Morgan fingerprint density at radius 2 is 1.75 bits per heavy atom. The van der Waals surface area contributed by atoms with Crippen LogP contribution in [0, 0.1) is 20.8 Å². The van der Waals surface area contributed by atoms with Gasteiger partial charge in [0.05, 0.1) is 18.8 Å². The summed E-state index contributed by atoms with van der Waals surface area (Å²) in [5, 5.41) is 9.37. The van der Waals surface area contributed by atoms with Crippen LogP contribution in [0.5, 0.6) is 17.2 Å². The zero-order valence-electron chi connectivity index (χ0n) is 23.5. The lowest BCUT2D eigenvalue weighted by molar-refractivity contribution is -0.138. The third kappa shape index (κ3) is 5.97. The van der Waals surface area contributed by atoms with Crippen LogP contribution in [0.25, 0.3) is 11.1 Å². The predicted molar refractivity (Wildman–Crippen MR) is 154 cm³/mol. The number of carboxylic acid groups (broad SMARTS) is 1. The summed E-state index contributed by atoms with van der Waals surface area (Å²) in [6.07, 6.45) is 3.54. The Labute approximate surface area is 236 Å². The summed E-state index contributed by atoms with van der Waals surface area (Å²) < 4.78 is 41.0. The average Bonchev–Trinajstić information content (AvgIpc) is 3.58. The molecule has 0 aromatic heterocycles. The molecule has 1 atom stereocenters. The van der Waals surface area contributed by atoms with Crippen molar-refractivity contribution in [3.8, 4) is 28.4 Å². The van der Waals surface area contributed by atoms with Gasteiger partial charge in [-0.1, -0.05) is 24.3 Å². The molecule has 1 aliphatic heterocycles. The van der Waals surface area contributed by atoms with Crippen molar-refractivity contribution in [1.82, 2.24) is 0 Å². The second-order valence-electron chi connectivity index (χ2n) is 11.2. The van der Waals surface area contributed by atoms with Crippen LogP contribution >= 0.6 is 0 Å². The van der Waals surface area contributed by atoms with Crippen molar-refractivity contribution in [3.63, 3.8) is 0 Å². The number of fused-ring (bicyclic) bond motifs is 1. The Morgan fingerprint density at radius 3 is 2.40 bits per heavy atom. The van der Waals surface area contributed by atoms with Crippen molar-refractivity contribution in [2.45, 2.75) is 64.6 Å². The summed E-state index contributed by atoms with van der Waals surface area (Å²) in [6.45, 7) is 6.96. The van der Waals surface area contributed by atoms with Crippen molar-refractivity contribution in [2.75, 3.05) is 18.6 Å². The van der Waals surface area contributed by atoms with Gasteiger partial charge in [-0.25, -0.2) is 8.42 Å². The highest BCUT2D eigenvalue weighted by atomic mass is 32.2. The van der Waals surface area contributed by atoms with Crippen LogP contribution in [0.1, 0.15) is 59.4 Å². The van der Waals surface area contributed by atoms with E-state index in [0.717, 1.165) is 63.3 Å². The molecule has 1 aliphatic carbocycles. The number of carbonyl (C=O) groups is 1. The molecule has 40 heavy (non-hydrogen) atoms. The van der Waals surface area contributed by atoms with E-state index in [2.05, 4.69) is 32.9 Å². The lowest BCUT2D eigenvalue weighted by Gasteiger charge is -2.18. The van der Waals surface area contributed by atoms with Gasteiger partial charge >= 0.3 is 5.97 Å². The number of aliphatic carboxylic acids is 1. The van der Waals surface area contributed by atoms with E-state index in [0.29, 0.717) is 25.4 Å². The number of hydrogen-bond acceptors (Lipinski definition) is 6. The summed E-state index contributed by atoms with van der Waals surface area (Å²) in [5.41, 5.74) is 7.25. The largest absolute Gasteiger partial charge is 0.494 e. The normalized spacial score (nSPS) is 16.9. The number of aryl methyl sites for hydroxylation is 2. The molecule has 1 heterocycles. The number of sulfone groups is 1. The van der Waals surface area contributed by atoms with Gasteiger partial charge in [0.1, 0.15) is 39.3 Å². The summed E-state index contributed by atoms with van der Waals surface area (Å²) in [5.74, 6) is 1.37. The summed E-state index contributed by atoms with van der Waals surface area (Å²) in [6, 6.07) is 16.0. The smallest absolute Gasteiger partial charge is 0.304 e. The molecule has 212 valence electrons. The zero-order valence-corrected chi connectivity index (χ0v) is 24.3. The fourth-order valence-corrected chi connectivity index (χ4v) is 6.46. The number of carboxylic acids is 1. The molecular weight excluding hydrogens is 528 g/mol. The molecule has 0 saturated heterocycles. The van der Waals surface area contributed by atoms with E-state index in [4.69, 9.17) is 14.2 Å². The molecule has 3 aromatic carbocycles. The van der Waals surface area contributed by atoms with Crippen molar-refractivity contribution in [3.05, 3.63) is 76.3 Å². The van der Waals surface area contributed by atoms with Crippen LogP contribution in [0.2, 0.25) is 0 Å². The molecule has 1 spiro atoms. The van der Waals surface area contributed by atoms with Gasteiger partial charge in [-0.15, -0.1) is 0 Å². The first-order chi connectivity index (χ1) is 19.0. The van der Waals surface area contributed by atoms with Gasteiger partial charge in [-0.2, -0.15) is 0 Å². The highest BCUT2D eigenvalue weighted by Gasteiger charge is 2.57. The van der Waals surface area contributed by atoms with Gasteiger partial charge in [-0.05, 0) is 91.6 Å². The third-order valence-corrected chi connectivity index (χ3v) is 9.00. The van der Waals surface area contributed by atoms with E-state index >= 15 is 0 Å². The maximum Gasteiger partial charge on any atom is 0.304 e. The number of ether oxygens (including phenoxy) is 3. The third-order valence-electron chi connectivity index (χ3n) is 7.97. The van der Waals surface area contributed by atoms with Crippen LogP contribution in [0.15, 0.2) is 48.5 Å². The zero-order chi connectivity index (χ0) is 28.7. The first kappa shape index (κ1) is 28.0. The Morgan fingerprint density at radius 1 is 1.02 bits per heavy atom. The van der Waals surface area contributed by atoms with Gasteiger partial charge in [0.25, 0.3) is 0 Å². The summed E-state index contributed by atoms with van der Waals surface area (Å²) >= 11 is 0. The van der Waals surface area contributed by atoms with Crippen LogP contribution in [-0.4, -0.2) is 43.7 Å². The highest BCUT2D eigenvalue weighted by Crippen LogP contribution is 2.59. The fourth-order valence-electron chi connectivity index (χ4n) is 5.81. The van der Waals surface area contributed by atoms with Crippen LogP contribution in [0.3, 0.4) is 0 Å². The molecule has 0 amide bonds. The van der Waals surface area contributed by atoms with E-state index < -0.39 is 15.8 Å². The number of benzene rings is 3. The standard InChI is InChI=1S/C32H36O7S/c1-20-15-25(37-13-6-14-40(4,35)36)16-21(2)31(20)26-8-5-7-23(22(26)3)19-38-24-9-10-27-28(18-30(33)34)32(11-12-32)39-29(27)17-24/h5,7-10,15-17,28H,6,11-14,18-19H2,1-4H3,(H,33,34). The first-order valence-electron chi connectivity index (χ1n) is 13.6.